The highest BCUT2D eigenvalue weighted by atomic mass is 16.4. The van der Waals surface area contributed by atoms with Crippen molar-refractivity contribution in [3.8, 4) is 17.7 Å². The van der Waals surface area contributed by atoms with Gasteiger partial charge in [0.1, 0.15) is 11.6 Å². The van der Waals surface area contributed by atoms with Crippen LogP contribution in [0.25, 0.3) is 11.7 Å². The van der Waals surface area contributed by atoms with Crippen molar-refractivity contribution in [3.05, 3.63) is 48.4 Å². The highest BCUT2D eigenvalue weighted by molar-refractivity contribution is 6.14. The summed E-state index contributed by atoms with van der Waals surface area (Å²) in [5.41, 5.74) is 0.527. The number of para-hydroxylation sites is 2. The van der Waals surface area contributed by atoms with E-state index in [1.54, 1.807) is 36.9 Å². The zero-order chi connectivity index (χ0) is 23.9. The Morgan fingerprint density at radius 1 is 1.18 bits per heavy atom. The number of piperazine rings is 1. The van der Waals surface area contributed by atoms with Gasteiger partial charge in [0, 0.05) is 26.2 Å². The minimum Gasteiger partial charge on any atom is -0.459 e. The van der Waals surface area contributed by atoms with Crippen LogP contribution in [-0.4, -0.2) is 60.0 Å². The van der Waals surface area contributed by atoms with Crippen LogP contribution in [0.3, 0.4) is 0 Å². The molecule has 2 aliphatic rings. The molecule has 0 spiro atoms. The van der Waals surface area contributed by atoms with Crippen LogP contribution in [0.5, 0.6) is 0 Å². The lowest BCUT2D eigenvalue weighted by Gasteiger charge is -2.43. The van der Waals surface area contributed by atoms with Crippen molar-refractivity contribution in [2.75, 3.05) is 47.8 Å². The normalized spacial score (nSPS) is 17.7. The second-order valence-corrected chi connectivity index (χ2v) is 8.78. The summed E-state index contributed by atoms with van der Waals surface area (Å²) in [5.74, 6) is 0.769. The van der Waals surface area contributed by atoms with Gasteiger partial charge < -0.3 is 19.1 Å². The van der Waals surface area contributed by atoms with Crippen molar-refractivity contribution in [1.29, 1.82) is 5.26 Å². The number of hydrogen-bond donors (Lipinski definition) is 1. The molecule has 10 nitrogen and oxygen atoms in total. The molecule has 0 radical (unpaired) electrons. The maximum absolute atomic E-state index is 13.4. The molecular weight excluding hydrogens is 436 g/mol. The zero-order valence-electron chi connectivity index (χ0n) is 18.9. The average Bonchev–Trinajstić information content (AvgIpc) is 3.50. The van der Waals surface area contributed by atoms with Gasteiger partial charge in [-0.1, -0.05) is 12.1 Å². The number of amides is 2. The second-order valence-electron chi connectivity index (χ2n) is 8.78. The Kier molecular flexibility index (Phi) is 5.34. The molecule has 10 heteroatoms. The van der Waals surface area contributed by atoms with Crippen molar-refractivity contribution >= 4 is 29.1 Å². The minimum atomic E-state index is -1.00. The predicted molar refractivity (Wildman–Crippen MR) is 124 cm³/mol. The van der Waals surface area contributed by atoms with Crippen molar-refractivity contribution in [2.45, 2.75) is 19.4 Å². The van der Waals surface area contributed by atoms with Gasteiger partial charge in [0.25, 0.3) is 5.89 Å². The van der Waals surface area contributed by atoms with Gasteiger partial charge in [-0.25, -0.2) is 0 Å². The highest BCUT2D eigenvalue weighted by Gasteiger charge is 2.43. The molecule has 0 unspecified atom stereocenters. The number of oxazole rings is 1. The number of aromatic nitrogens is 1. The van der Waals surface area contributed by atoms with E-state index < -0.39 is 5.54 Å². The van der Waals surface area contributed by atoms with Crippen LogP contribution in [0.15, 0.2) is 51.5 Å². The summed E-state index contributed by atoms with van der Waals surface area (Å²) in [5, 5.41) is 12.4. The topological polar surface area (TPSA) is 119 Å². The van der Waals surface area contributed by atoms with E-state index in [1.165, 1.54) is 6.26 Å². The molecule has 2 amide bonds. The Bertz CT molecular complexity index is 1260. The van der Waals surface area contributed by atoms with Crippen LogP contribution in [0.2, 0.25) is 0 Å². The molecule has 4 heterocycles. The quantitative estimate of drug-likeness (QED) is 0.631. The molecule has 2 aliphatic heterocycles. The van der Waals surface area contributed by atoms with E-state index >= 15 is 0 Å². The summed E-state index contributed by atoms with van der Waals surface area (Å²) < 4.78 is 11.2. The maximum atomic E-state index is 13.4. The van der Waals surface area contributed by atoms with Gasteiger partial charge in [-0.2, -0.15) is 10.2 Å². The number of carbonyl (C=O) groups excluding carboxylic acids is 2. The first-order chi connectivity index (χ1) is 16.4. The first-order valence-corrected chi connectivity index (χ1v) is 11.0. The van der Waals surface area contributed by atoms with E-state index in [-0.39, 0.29) is 29.9 Å². The van der Waals surface area contributed by atoms with Gasteiger partial charge in [-0.05, 0) is 38.1 Å². The average molecular weight is 460 g/mol. The highest BCUT2D eigenvalue weighted by Crippen LogP contribution is 2.37. The minimum absolute atomic E-state index is 0.141. The number of nitriles is 1. The number of nitrogens with zero attached hydrogens (tertiary/aromatic N) is 5. The lowest BCUT2D eigenvalue weighted by molar-refractivity contribution is -0.127. The molecule has 0 saturated carbocycles. The SMILES string of the molecule is CC1(C)C(=O)Nc2ccccc2N1C(=O)CN1CCN(c2oc(-c3ccco3)nc2C#N)CC1. The lowest BCUT2D eigenvalue weighted by atomic mass is 9.96. The summed E-state index contributed by atoms with van der Waals surface area (Å²) in [6.07, 6.45) is 1.52. The fourth-order valence-corrected chi connectivity index (χ4v) is 4.37. The van der Waals surface area contributed by atoms with Crippen molar-refractivity contribution in [1.82, 2.24) is 9.88 Å². The Morgan fingerprint density at radius 2 is 1.94 bits per heavy atom. The summed E-state index contributed by atoms with van der Waals surface area (Å²) in [6.45, 7) is 5.99. The number of rotatable bonds is 4. The Hall–Kier alpha value is -4.10. The third-order valence-corrected chi connectivity index (χ3v) is 6.22. The van der Waals surface area contributed by atoms with Gasteiger partial charge in [-0.15, -0.1) is 0 Å². The van der Waals surface area contributed by atoms with Crippen LogP contribution >= 0.6 is 0 Å². The fourth-order valence-electron chi connectivity index (χ4n) is 4.37. The van der Waals surface area contributed by atoms with Gasteiger partial charge in [0.05, 0.1) is 24.2 Å². The Labute approximate surface area is 196 Å². The van der Waals surface area contributed by atoms with E-state index in [2.05, 4.69) is 16.4 Å². The Morgan fingerprint density at radius 3 is 2.65 bits per heavy atom. The van der Waals surface area contributed by atoms with Gasteiger partial charge >= 0.3 is 0 Å². The smallest absolute Gasteiger partial charge is 0.266 e. The number of nitrogens with one attached hydrogen (secondary N) is 1. The summed E-state index contributed by atoms with van der Waals surface area (Å²) in [6, 6.07) is 12.9. The van der Waals surface area contributed by atoms with Crippen LogP contribution < -0.4 is 15.1 Å². The standard InChI is InChI=1S/C24H24N6O4/c1-24(2)23(32)27-16-6-3-4-7-18(16)30(24)20(31)15-28-9-11-29(12-10-28)22-17(14-25)26-21(34-22)19-8-5-13-33-19/h3-8,13H,9-12,15H2,1-2H3,(H,27,32). The number of fused-ring (bicyclic) bond motifs is 1. The third-order valence-electron chi connectivity index (χ3n) is 6.22. The molecule has 1 fully saturated rings. The third kappa shape index (κ3) is 3.70. The summed E-state index contributed by atoms with van der Waals surface area (Å²) >= 11 is 0. The molecule has 3 aromatic rings. The molecule has 0 bridgehead atoms. The second kappa shape index (κ2) is 8.35. The van der Waals surface area contributed by atoms with Gasteiger partial charge in [0.2, 0.25) is 23.4 Å². The van der Waals surface area contributed by atoms with Crippen LogP contribution in [0, 0.1) is 11.3 Å². The number of benzene rings is 1. The van der Waals surface area contributed by atoms with E-state index in [0.717, 1.165) is 0 Å². The first kappa shape index (κ1) is 21.7. The first-order valence-electron chi connectivity index (χ1n) is 11.0. The summed E-state index contributed by atoms with van der Waals surface area (Å²) in [4.78, 5) is 35.9. The van der Waals surface area contributed by atoms with E-state index in [1.807, 2.05) is 28.0 Å². The van der Waals surface area contributed by atoms with Gasteiger partial charge in [0.15, 0.2) is 5.76 Å². The van der Waals surface area contributed by atoms with Crippen molar-refractivity contribution in [3.63, 3.8) is 0 Å². The number of anilines is 3. The molecule has 2 aromatic heterocycles. The molecule has 174 valence electrons. The maximum Gasteiger partial charge on any atom is 0.266 e. The Balaban J connectivity index is 1.28. The van der Waals surface area contributed by atoms with E-state index in [0.29, 0.717) is 49.2 Å². The lowest BCUT2D eigenvalue weighted by Crippen LogP contribution is -2.61. The van der Waals surface area contributed by atoms with Gasteiger partial charge in [-0.3, -0.25) is 19.4 Å². The van der Waals surface area contributed by atoms with Crippen molar-refractivity contribution in [2.24, 2.45) is 0 Å². The van der Waals surface area contributed by atoms with E-state index in [9.17, 15) is 14.9 Å². The predicted octanol–water partition coefficient (Wildman–Crippen LogP) is 2.69. The number of carbonyl (C=O) groups is 2. The zero-order valence-corrected chi connectivity index (χ0v) is 18.9. The molecular formula is C24H24N6O4. The molecule has 1 saturated heterocycles. The molecule has 34 heavy (non-hydrogen) atoms. The number of hydrogen-bond acceptors (Lipinski definition) is 8. The molecule has 0 atom stereocenters. The largest absolute Gasteiger partial charge is 0.459 e. The molecule has 1 N–H and O–H groups in total. The van der Waals surface area contributed by atoms with Crippen LogP contribution in [0.4, 0.5) is 17.3 Å². The van der Waals surface area contributed by atoms with Crippen LogP contribution in [-0.2, 0) is 9.59 Å². The monoisotopic (exact) mass is 460 g/mol. The van der Waals surface area contributed by atoms with Crippen molar-refractivity contribution < 1.29 is 18.4 Å². The van der Waals surface area contributed by atoms with Crippen LogP contribution in [0.1, 0.15) is 19.5 Å². The molecule has 0 aliphatic carbocycles. The molecule has 5 rings (SSSR count). The fraction of sp³-hybridized carbons (Fsp3) is 0.333. The van der Waals surface area contributed by atoms with E-state index in [4.69, 9.17) is 8.83 Å². The molecule has 1 aromatic carbocycles. The number of furan rings is 1. The summed E-state index contributed by atoms with van der Waals surface area (Å²) in [7, 11) is 0.